The van der Waals surface area contributed by atoms with Gasteiger partial charge >= 0.3 is 0 Å². The fourth-order valence-corrected chi connectivity index (χ4v) is 5.20. The summed E-state index contributed by atoms with van der Waals surface area (Å²) in [4.78, 5) is 27.8. The molecule has 1 N–H and O–H groups in total. The summed E-state index contributed by atoms with van der Waals surface area (Å²) in [5.74, 6) is -0.444. The van der Waals surface area contributed by atoms with Gasteiger partial charge in [0.1, 0.15) is 6.04 Å². The van der Waals surface area contributed by atoms with Gasteiger partial charge in [-0.1, -0.05) is 47.1 Å². The predicted molar refractivity (Wildman–Crippen MR) is 149 cm³/mol. The van der Waals surface area contributed by atoms with Gasteiger partial charge < -0.3 is 10.2 Å². The highest BCUT2D eigenvalue weighted by Gasteiger charge is 2.28. The zero-order valence-electron chi connectivity index (χ0n) is 22.0. The molecular formula is C27H38BrN3O4S. The van der Waals surface area contributed by atoms with Gasteiger partial charge in [-0.25, -0.2) is 8.42 Å². The van der Waals surface area contributed by atoms with Crippen LogP contribution in [0, 0.1) is 0 Å². The van der Waals surface area contributed by atoms with E-state index in [1.54, 1.807) is 24.0 Å². The van der Waals surface area contributed by atoms with Gasteiger partial charge in [0.25, 0.3) is 0 Å². The molecule has 36 heavy (non-hydrogen) atoms. The van der Waals surface area contributed by atoms with Crippen LogP contribution in [-0.2, 0) is 32.6 Å². The molecule has 0 aliphatic heterocycles. The first-order valence-electron chi connectivity index (χ1n) is 12.1. The number of amides is 2. The Labute approximate surface area is 224 Å². The topological polar surface area (TPSA) is 86.8 Å². The molecule has 2 aromatic rings. The number of nitrogens with one attached hydrogen (secondary N) is 1. The van der Waals surface area contributed by atoms with Crippen molar-refractivity contribution < 1.29 is 18.0 Å². The number of halogens is 1. The monoisotopic (exact) mass is 579 g/mol. The number of carbonyl (C=O) groups excluding carboxylic acids is 2. The Hall–Kier alpha value is -2.39. The maximum absolute atomic E-state index is 13.4. The van der Waals surface area contributed by atoms with Crippen LogP contribution in [0.25, 0.3) is 0 Å². The Morgan fingerprint density at radius 2 is 1.69 bits per heavy atom. The fraction of sp³-hybridized carbons (Fsp3) is 0.481. The average Bonchev–Trinajstić information content (AvgIpc) is 2.78. The summed E-state index contributed by atoms with van der Waals surface area (Å²) in [6.45, 7) is 9.88. The number of sulfonamides is 1. The first-order valence-corrected chi connectivity index (χ1v) is 14.8. The molecule has 0 saturated heterocycles. The molecule has 0 unspecified atom stereocenters. The van der Waals surface area contributed by atoms with Crippen LogP contribution in [0.5, 0.6) is 0 Å². The van der Waals surface area contributed by atoms with Crippen molar-refractivity contribution in [2.45, 2.75) is 72.0 Å². The van der Waals surface area contributed by atoms with Crippen molar-refractivity contribution in [2.24, 2.45) is 0 Å². The molecule has 7 nitrogen and oxygen atoms in total. The van der Waals surface area contributed by atoms with Gasteiger partial charge in [0.05, 0.1) is 11.9 Å². The molecule has 2 aromatic carbocycles. The van der Waals surface area contributed by atoms with Crippen LogP contribution in [0.4, 0.5) is 5.69 Å². The van der Waals surface area contributed by atoms with Crippen LogP contribution in [0.15, 0.2) is 53.0 Å². The van der Waals surface area contributed by atoms with E-state index in [0.717, 1.165) is 22.0 Å². The largest absolute Gasteiger partial charge is 0.350 e. The molecular weight excluding hydrogens is 542 g/mol. The molecule has 0 aromatic heterocycles. The molecule has 1 atom stereocenters. The third-order valence-corrected chi connectivity index (χ3v) is 7.38. The number of aryl methyl sites for hydroxylation is 1. The van der Waals surface area contributed by atoms with Crippen molar-refractivity contribution >= 4 is 43.5 Å². The first-order chi connectivity index (χ1) is 16.7. The lowest BCUT2D eigenvalue weighted by atomic mass is 10.1. The minimum absolute atomic E-state index is 0.111. The van der Waals surface area contributed by atoms with E-state index < -0.39 is 21.6 Å². The highest BCUT2D eigenvalue weighted by atomic mass is 79.9. The molecule has 0 bridgehead atoms. The van der Waals surface area contributed by atoms with Gasteiger partial charge in [0.2, 0.25) is 21.8 Å². The highest BCUT2D eigenvalue weighted by Crippen LogP contribution is 2.21. The number of hydrogen-bond donors (Lipinski definition) is 1. The summed E-state index contributed by atoms with van der Waals surface area (Å²) >= 11 is 3.46. The highest BCUT2D eigenvalue weighted by molar-refractivity contribution is 9.10. The Morgan fingerprint density at radius 1 is 1.06 bits per heavy atom. The molecule has 2 amide bonds. The van der Waals surface area contributed by atoms with E-state index in [9.17, 15) is 18.0 Å². The summed E-state index contributed by atoms with van der Waals surface area (Å²) < 4.78 is 27.2. The van der Waals surface area contributed by atoms with Crippen LogP contribution in [0.3, 0.4) is 0 Å². The number of nitrogens with zero attached hydrogens (tertiary/aromatic N) is 2. The number of anilines is 1. The van der Waals surface area contributed by atoms with E-state index in [2.05, 4.69) is 21.2 Å². The molecule has 0 saturated carbocycles. The van der Waals surface area contributed by atoms with Gasteiger partial charge in [-0.2, -0.15) is 0 Å². The van der Waals surface area contributed by atoms with Crippen molar-refractivity contribution in [3.8, 4) is 0 Å². The van der Waals surface area contributed by atoms with Crippen LogP contribution in [-0.4, -0.2) is 49.5 Å². The van der Waals surface area contributed by atoms with Crippen LogP contribution in [0.1, 0.15) is 58.6 Å². The average molecular weight is 581 g/mol. The standard InChI is InChI=1S/C27H38BrN3O4S/c1-7-21-13-15-24(16-14-21)31(36(6,34)35)17-9-12-25(32)30(19-22-10-8-11-23(28)18-22)20(2)26(33)29-27(3,4)5/h8,10-11,13-16,18,20H,7,9,12,17,19H2,1-6H3,(H,29,33)/t20-/m0/s1. The number of benzene rings is 2. The number of carbonyl (C=O) groups is 2. The third kappa shape index (κ3) is 9.24. The normalized spacial score (nSPS) is 12.6. The summed E-state index contributed by atoms with van der Waals surface area (Å²) in [5, 5.41) is 2.95. The zero-order valence-corrected chi connectivity index (χ0v) is 24.4. The first kappa shape index (κ1) is 29.8. The summed E-state index contributed by atoms with van der Waals surface area (Å²) in [6, 6.07) is 14.3. The minimum Gasteiger partial charge on any atom is -0.350 e. The van der Waals surface area contributed by atoms with E-state index in [1.807, 2.05) is 64.1 Å². The molecule has 2 rings (SSSR count). The van der Waals surface area contributed by atoms with Gasteiger partial charge in [-0.15, -0.1) is 0 Å². The Kier molecular flexibility index (Phi) is 10.5. The fourth-order valence-electron chi connectivity index (χ4n) is 3.79. The molecule has 0 radical (unpaired) electrons. The Bertz CT molecular complexity index is 1140. The molecule has 0 fully saturated rings. The van der Waals surface area contributed by atoms with Crippen LogP contribution < -0.4 is 9.62 Å². The SMILES string of the molecule is CCc1ccc(N(CCCC(=O)N(Cc2cccc(Br)c2)[C@@H](C)C(=O)NC(C)(C)C)S(C)(=O)=O)cc1. The lowest BCUT2D eigenvalue weighted by molar-refractivity contribution is -0.141. The van der Waals surface area contributed by atoms with Crippen molar-refractivity contribution in [2.75, 3.05) is 17.1 Å². The maximum Gasteiger partial charge on any atom is 0.242 e. The van der Waals surface area contributed by atoms with E-state index in [0.29, 0.717) is 12.1 Å². The molecule has 9 heteroatoms. The quantitative estimate of drug-likeness (QED) is 0.410. The third-order valence-electron chi connectivity index (χ3n) is 5.69. The van der Waals surface area contributed by atoms with Crippen molar-refractivity contribution in [1.29, 1.82) is 0 Å². The van der Waals surface area contributed by atoms with Crippen molar-refractivity contribution in [3.63, 3.8) is 0 Å². The second kappa shape index (κ2) is 12.7. The summed E-state index contributed by atoms with van der Waals surface area (Å²) in [7, 11) is -3.52. The lowest BCUT2D eigenvalue weighted by Gasteiger charge is -2.32. The zero-order chi connectivity index (χ0) is 27.1. The van der Waals surface area contributed by atoms with Crippen LogP contribution in [0.2, 0.25) is 0 Å². The number of rotatable bonds is 11. The van der Waals surface area contributed by atoms with E-state index in [-0.39, 0.29) is 31.3 Å². The van der Waals surface area contributed by atoms with E-state index >= 15 is 0 Å². The van der Waals surface area contributed by atoms with Gasteiger partial charge in [0.15, 0.2) is 0 Å². The van der Waals surface area contributed by atoms with Gasteiger partial charge in [-0.3, -0.25) is 13.9 Å². The summed E-state index contributed by atoms with van der Waals surface area (Å²) in [5.41, 5.74) is 2.15. The summed E-state index contributed by atoms with van der Waals surface area (Å²) in [6.07, 6.45) is 2.47. The molecule has 0 heterocycles. The van der Waals surface area contributed by atoms with Gasteiger partial charge in [0, 0.05) is 29.5 Å². The smallest absolute Gasteiger partial charge is 0.242 e. The lowest BCUT2D eigenvalue weighted by Crippen LogP contribution is -2.52. The number of hydrogen-bond acceptors (Lipinski definition) is 4. The van der Waals surface area contributed by atoms with Crippen LogP contribution >= 0.6 is 15.9 Å². The molecule has 0 aliphatic carbocycles. The van der Waals surface area contributed by atoms with Gasteiger partial charge in [-0.05, 0) is 75.9 Å². The van der Waals surface area contributed by atoms with E-state index in [4.69, 9.17) is 0 Å². The second-order valence-electron chi connectivity index (χ2n) is 10.0. The Morgan fingerprint density at radius 3 is 2.22 bits per heavy atom. The second-order valence-corrected chi connectivity index (χ2v) is 12.8. The minimum atomic E-state index is -3.52. The van der Waals surface area contributed by atoms with Crippen molar-refractivity contribution in [1.82, 2.24) is 10.2 Å². The Balaban J connectivity index is 2.18. The van der Waals surface area contributed by atoms with E-state index in [1.165, 1.54) is 10.6 Å². The van der Waals surface area contributed by atoms with Crippen molar-refractivity contribution in [3.05, 3.63) is 64.1 Å². The molecule has 0 aliphatic rings. The predicted octanol–water partition coefficient (Wildman–Crippen LogP) is 4.89. The molecule has 198 valence electrons. The maximum atomic E-state index is 13.4. The molecule has 0 spiro atoms.